The second-order valence-electron chi connectivity index (χ2n) is 5.58. The van der Waals surface area contributed by atoms with Crippen molar-refractivity contribution < 1.29 is 5.11 Å². The topological polar surface area (TPSA) is 23.5 Å². The lowest BCUT2D eigenvalue weighted by atomic mass is 9.88. The molecule has 0 aromatic rings. The van der Waals surface area contributed by atoms with Crippen molar-refractivity contribution in [2.24, 2.45) is 0 Å². The summed E-state index contributed by atoms with van der Waals surface area (Å²) in [5, 5.41) is 9.57. The van der Waals surface area contributed by atoms with Crippen LogP contribution in [0.3, 0.4) is 0 Å². The molecule has 0 aromatic heterocycles. The van der Waals surface area contributed by atoms with Gasteiger partial charge < -0.3 is 5.11 Å². The van der Waals surface area contributed by atoms with Crippen molar-refractivity contribution in [1.82, 2.24) is 4.90 Å². The van der Waals surface area contributed by atoms with Gasteiger partial charge in [0.2, 0.25) is 0 Å². The Labute approximate surface area is 100 Å². The van der Waals surface area contributed by atoms with Crippen LogP contribution in [-0.4, -0.2) is 34.7 Å². The van der Waals surface area contributed by atoms with Crippen LogP contribution >= 0.6 is 0 Å². The van der Waals surface area contributed by atoms with Crippen molar-refractivity contribution in [2.75, 3.05) is 6.54 Å². The van der Waals surface area contributed by atoms with E-state index in [1.165, 1.54) is 51.5 Å². The average molecular weight is 225 g/mol. The fourth-order valence-corrected chi connectivity index (χ4v) is 3.62. The van der Waals surface area contributed by atoms with Gasteiger partial charge in [0.1, 0.15) is 0 Å². The van der Waals surface area contributed by atoms with Crippen molar-refractivity contribution >= 4 is 0 Å². The molecule has 0 atom stereocenters. The van der Waals surface area contributed by atoms with E-state index in [0.717, 1.165) is 24.9 Å². The normalized spacial score (nSPS) is 33.2. The molecule has 2 aliphatic carbocycles. The van der Waals surface area contributed by atoms with E-state index in [1.807, 2.05) is 0 Å². The zero-order chi connectivity index (χ0) is 11.4. The van der Waals surface area contributed by atoms with Crippen molar-refractivity contribution in [3.05, 3.63) is 0 Å². The Kier molecular flexibility index (Phi) is 4.66. The van der Waals surface area contributed by atoms with Gasteiger partial charge in [-0.05, 0) is 45.1 Å². The Morgan fingerprint density at radius 3 is 2.00 bits per heavy atom. The van der Waals surface area contributed by atoms with Crippen LogP contribution in [0.5, 0.6) is 0 Å². The Balaban J connectivity index is 1.88. The third-order valence-corrected chi connectivity index (χ3v) is 4.54. The van der Waals surface area contributed by atoms with E-state index in [-0.39, 0.29) is 6.10 Å². The van der Waals surface area contributed by atoms with Crippen LogP contribution in [-0.2, 0) is 0 Å². The summed E-state index contributed by atoms with van der Waals surface area (Å²) in [5.41, 5.74) is 0. The maximum atomic E-state index is 9.57. The van der Waals surface area contributed by atoms with E-state index < -0.39 is 0 Å². The van der Waals surface area contributed by atoms with Crippen molar-refractivity contribution in [3.8, 4) is 0 Å². The molecular weight excluding hydrogens is 198 g/mol. The van der Waals surface area contributed by atoms with Gasteiger partial charge in [0, 0.05) is 12.1 Å². The zero-order valence-electron chi connectivity index (χ0n) is 10.7. The van der Waals surface area contributed by atoms with E-state index >= 15 is 0 Å². The second-order valence-corrected chi connectivity index (χ2v) is 5.58. The smallest absolute Gasteiger partial charge is 0.0541 e. The zero-order valence-corrected chi connectivity index (χ0v) is 10.7. The van der Waals surface area contributed by atoms with Gasteiger partial charge in [-0.15, -0.1) is 0 Å². The summed E-state index contributed by atoms with van der Waals surface area (Å²) >= 11 is 0. The summed E-state index contributed by atoms with van der Waals surface area (Å²) in [6.45, 7) is 3.51. The molecule has 2 heteroatoms. The Morgan fingerprint density at radius 2 is 1.44 bits per heavy atom. The number of nitrogens with zero attached hydrogens (tertiary/aromatic N) is 1. The monoisotopic (exact) mass is 225 g/mol. The minimum absolute atomic E-state index is 0.0127. The third-order valence-electron chi connectivity index (χ3n) is 4.54. The molecule has 0 saturated heterocycles. The summed E-state index contributed by atoms with van der Waals surface area (Å²) in [4.78, 5) is 2.74. The van der Waals surface area contributed by atoms with Crippen LogP contribution in [0.4, 0.5) is 0 Å². The van der Waals surface area contributed by atoms with Gasteiger partial charge in [0.05, 0.1) is 6.10 Å². The number of aliphatic hydroxyl groups excluding tert-OH is 1. The van der Waals surface area contributed by atoms with Gasteiger partial charge >= 0.3 is 0 Å². The van der Waals surface area contributed by atoms with Crippen LogP contribution in [0.25, 0.3) is 0 Å². The first kappa shape index (κ1) is 12.4. The van der Waals surface area contributed by atoms with Crippen LogP contribution in [0.15, 0.2) is 0 Å². The molecule has 1 N–H and O–H groups in total. The number of aliphatic hydroxyl groups is 1. The lowest BCUT2D eigenvalue weighted by Gasteiger charge is -2.41. The van der Waals surface area contributed by atoms with E-state index in [1.54, 1.807) is 0 Å². The van der Waals surface area contributed by atoms with Crippen molar-refractivity contribution in [1.29, 1.82) is 0 Å². The molecule has 2 nitrogen and oxygen atoms in total. The molecule has 0 aliphatic heterocycles. The van der Waals surface area contributed by atoms with E-state index in [9.17, 15) is 5.11 Å². The van der Waals surface area contributed by atoms with E-state index in [0.29, 0.717) is 0 Å². The quantitative estimate of drug-likeness (QED) is 0.798. The third kappa shape index (κ3) is 2.98. The summed E-state index contributed by atoms with van der Waals surface area (Å²) in [5.74, 6) is 0. The largest absolute Gasteiger partial charge is 0.393 e. The summed E-state index contributed by atoms with van der Waals surface area (Å²) in [6, 6.07) is 1.61. The summed E-state index contributed by atoms with van der Waals surface area (Å²) in [6.07, 6.45) is 11.6. The van der Waals surface area contributed by atoms with Gasteiger partial charge in [-0.1, -0.05) is 26.2 Å². The molecule has 0 radical (unpaired) electrons. The molecular formula is C14H27NO. The fourth-order valence-electron chi connectivity index (χ4n) is 3.62. The van der Waals surface area contributed by atoms with Crippen LogP contribution < -0.4 is 0 Å². The molecule has 0 spiro atoms. The Morgan fingerprint density at radius 1 is 0.875 bits per heavy atom. The van der Waals surface area contributed by atoms with Crippen LogP contribution in [0.1, 0.15) is 64.7 Å². The highest BCUT2D eigenvalue weighted by molar-refractivity contribution is 4.84. The van der Waals surface area contributed by atoms with Gasteiger partial charge in [-0.3, -0.25) is 4.90 Å². The maximum absolute atomic E-state index is 9.57. The highest BCUT2D eigenvalue weighted by atomic mass is 16.3. The first-order valence-corrected chi connectivity index (χ1v) is 7.25. The van der Waals surface area contributed by atoms with Crippen molar-refractivity contribution in [3.63, 3.8) is 0 Å². The lowest BCUT2D eigenvalue weighted by molar-refractivity contribution is 0.0443. The molecule has 2 saturated carbocycles. The Hall–Kier alpha value is -0.0800. The van der Waals surface area contributed by atoms with E-state index in [2.05, 4.69) is 11.8 Å². The Bertz CT molecular complexity index is 193. The van der Waals surface area contributed by atoms with Crippen molar-refractivity contribution in [2.45, 2.75) is 82.9 Å². The highest BCUT2D eigenvalue weighted by Gasteiger charge is 2.29. The fraction of sp³-hybridized carbons (Fsp3) is 1.00. The number of hydrogen-bond donors (Lipinski definition) is 1. The van der Waals surface area contributed by atoms with E-state index in [4.69, 9.17) is 0 Å². The predicted octanol–water partition coefficient (Wildman–Crippen LogP) is 2.94. The van der Waals surface area contributed by atoms with Gasteiger partial charge in [0.15, 0.2) is 0 Å². The molecule has 2 rings (SSSR count). The summed E-state index contributed by atoms with van der Waals surface area (Å²) in [7, 11) is 0. The lowest BCUT2D eigenvalue weighted by Crippen LogP contribution is -2.46. The second kappa shape index (κ2) is 6.02. The molecule has 0 unspecified atom stereocenters. The van der Waals surface area contributed by atoms with Gasteiger partial charge in [0.25, 0.3) is 0 Å². The number of hydrogen-bond acceptors (Lipinski definition) is 2. The maximum Gasteiger partial charge on any atom is 0.0541 e. The predicted molar refractivity (Wildman–Crippen MR) is 67.5 cm³/mol. The molecule has 2 aliphatic rings. The highest BCUT2D eigenvalue weighted by Crippen LogP contribution is 2.29. The molecule has 0 aromatic carbocycles. The summed E-state index contributed by atoms with van der Waals surface area (Å²) < 4.78 is 0. The molecule has 0 amide bonds. The van der Waals surface area contributed by atoms with Crippen LogP contribution in [0.2, 0.25) is 0 Å². The first-order valence-electron chi connectivity index (χ1n) is 7.25. The SMILES string of the molecule is CCN(C1CCCCC1)C1CCC(O)CC1. The molecule has 94 valence electrons. The van der Waals surface area contributed by atoms with Crippen LogP contribution in [0, 0.1) is 0 Å². The average Bonchev–Trinajstić information content (AvgIpc) is 2.34. The number of rotatable bonds is 3. The molecule has 16 heavy (non-hydrogen) atoms. The standard InChI is InChI=1S/C14H27NO/c1-2-15(12-6-4-3-5-7-12)13-8-10-14(16)11-9-13/h12-14,16H,2-11H2,1H3. The first-order chi connectivity index (χ1) is 7.81. The molecule has 2 fully saturated rings. The minimum atomic E-state index is -0.0127. The molecule has 0 heterocycles. The molecule has 0 bridgehead atoms. The van der Waals surface area contributed by atoms with Gasteiger partial charge in [-0.2, -0.15) is 0 Å². The van der Waals surface area contributed by atoms with Gasteiger partial charge in [-0.25, -0.2) is 0 Å². The minimum Gasteiger partial charge on any atom is -0.393 e.